The first-order chi connectivity index (χ1) is 10.1. The van der Waals surface area contributed by atoms with Crippen molar-refractivity contribution >= 4 is 10.3 Å². The van der Waals surface area contributed by atoms with Crippen molar-refractivity contribution in [3.05, 3.63) is 71.8 Å². The molecule has 1 saturated heterocycles. The standard InChI is InChI=1S/C16H17NO3S/c18-21(19)17(12-15-9-5-2-6-10-15)13-16(20-21)11-14-7-3-1-4-8-14/h1-10,16H,11-13H2. The summed E-state index contributed by atoms with van der Waals surface area (Å²) in [6.45, 7) is 0.751. The van der Waals surface area contributed by atoms with Crippen molar-refractivity contribution < 1.29 is 12.6 Å². The van der Waals surface area contributed by atoms with Crippen LogP contribution in [0.3, 0.4) is 0 Å². The van der Waals surface area contributed by atoms with Gasteiger partial charge in [-0.05, 0) is 11.1 Å². The minimum absolute atomic E-state index is 0.318. The van der Waals surface area contributed by atoms with Gasteiger partial charge in [0.05, 0.1) is 6.10 Å². The van der Waals surface area contributed by atoms with Crippen LogP contribution < -0.4 is 0 Å². The second kappa shape index (κ2) is 5.97. The maximum Gasteiger partial charge on any atom is 0.339 e. The van der Waals surface area contributed by atoms with Crippen molar-refractivity contribution in [2.75, 3.05) is 6.54 Å². The summed E-state index contributed by atoms with van der Waals surface area (Å²) in [6.07, 6.45) is 0.284. The molecule has 4 nitrogen and oxygen atoms in total. The van der Waals surface area contributed by atoms with Gasteiger partial charge in [-0.3, -0.25) is 4.18 Å². The summed E-state index contributed by atoms with van der Waals surface area (Å²) in [6, 6.07) is 19.3. The van der Waals surface area contributed by atoms with E-state index >= 15 is 0 Å². The molecule has 2 aromatic carbocycles. The molecule has 0 amide bonds. The molecule has 0 saturated carbocycles. The highest BCUT2D eigenvalue weighted by Crippen LogP contribution is 2.23. The highest BCUT2D eigenvalue weighted by atomic mass is 32.2. The van der Waals surface area contributed by atoms with Crippen molar-refractivity contribution in [1.82, 2.24) is 4.31 Å². The normalized spacial score (nSPS) is 21.4. The molecule has 0 aromatic heterocycles. The lowest BCUT2D eigenvalue weighted by atomic mass is 10.1. The molecule has 5 heteroatoms. The van der Waals surface area contributed by atoms with Crippen LogP contribution in [0.5, 0.6) is 0 Å². The molecule has 0 bridgehead atoms. The van der Waals surface area contributed by atoms with E-state index in [1.54, 1.807) is 0 Å². The van der Waals surface area contributed by atoms with Crippen molar-refractivity contribution in [1.29, 1.82) is 0 Å². The topological polar surface area (TPSA) is 46.6 Å². The van der Waals surface area contributed by atoms with Gasteiger partial charge in [0.15, 0.2) is 0 Å². The van der Waals surface area contributed by atoms with Gasteiger partial charge < -0.3 is 0 Å². The molecule has 1 aliphatic heterocycles. The van der Waals surface area contributed by atoms with E-state index in [0.717, 1.165) is 11.1 Å². The zero-order chi connectivity index (χ0) is 14.7. The third-order valence-electron chi connectivity index (χ3n) is 3.49. The lowest BCUT2D eigenvalue weighted by Crippen LogP contribution is -2.25. The third-order valence-corrected chi connectivity index (χ3v) is 4.92. The zero-order valence-corrected chi connectivity index (χ0v) is 12.4. The van der Waals surface area contributed by atoms with Gasteiger partial charge in [-0.25, -0.2) is 0 Å². The second-order valence-electron chi connectivity index (χ2n) is 5.14. The molecule has 21 heavy (non-hydrogen) atoms. The first-order valence-corrected chi connectivity index (χ1v) is 8.26. The van der Waals surface area contributed by atoms with Gasteiger partial charge in [0.2, 0.25) is 0 Å². The lowest BCUT2D eigenvalue weighted by Gasteiger charge is -2.11. The summed E-state index contributed by atoms with van der Waals surface area (Å²) < 4.78 is 30.8. The summed E-state index contributed by atoms with van der Waals surface area (Å²) in [7, 11) is -3.62. The van der Waals surface area contributed by atoms with Crippen molar-refractivity contribution in [2.45, 2.75) is 19.1 Å². The molecule has 1 unspecified atom stereocenters. The smallest absolute Gasteiger partial charge is 0.253 e. The summed E-state index contributed by atoms with van der Waals surface area (Å²) in [5, 5.41) is 0. The van der Waals surface area contributed by atoms with Crippen LogP contribution in [-0.2, 0) is 27.5 Å². The van der Waals surface area contributed by atoms with Gasteiger partial charge in [0.1, 0.15) is 0 Å². The number of rotatable bonds is 4. The van der Waals surface area contributed by atoms with Crippen molar-refractivity contribution in [3.63, 3.8) is 0 Å². The zero-order valence-electron chi connectivity index (χ0n) is 11.6. The molecule has 0 N–H and O–H groups in total. The van der Waals surface area contributed by atoms with Gasteiger partial charge in [-0.2, -0.15) is 12.7 Å². The molecule has 1 fully saturated rings. The van der Waals surface area contributed by atoms with E-state index in [2.05, 4.69) is 0 Å². The highest BCUT2D eigenvalue weighted by molar-refractivity contribution is 7.84. The number of hydrogen-bond donors (Lipinski definition) is 0. The Morgan fingerprint density at radius 3 is 2.14 bits per heavy atom. The van der Waals surface area contributed by atoms with E-state index in [-0.39, 0.29) is 6.10 Å². The summed E-state index contributed by atoms with van der Waals surface area (Å²) in [4.78, 5) is 0. The Bertz CT molecular complexity index is 686. The summed E-state index contributed by atoms with van der Waals surface area (Å²) in [5.74, 6) is 0. The Morgan fingerprint density at radius 2 is 1.52 bits per heavy atom. The van der Waals surface area contributed by atoms with Gasteiger partial charge in [0, 0.05) is 19.5 Å². The predicted molar refractivity (Wildman–Crippen MR) is 80.8 cm³/mol. The van der Waals surface area contributed by atoms with Gasteiger partial charge in [0.25, 0.3) is 0 Å². The molecule has 1 aliphatic rings. The number of benzene rings is 2. The van der Waals surface area contributed by atoms with Crippen LogP contribution in [0.1, 0.15) is 11.1 Å². The van der Waals surface area contributed by atoms with Gasteiger partial charge >= 0.3 is 10.3 Å². The lowest BCUT2D eigenvalue weighted by molar-refractivity contribution is 0.244. The number of hydrogen-bond acceptors (Lipinski definition) is 3. The molecule has 0 spiro atoms. The fourth-order valence-electron chi connectivity index (χ4n) is 2.49. The molecule has 3 rings (SSSR count). The van der Waals surface area contributed by atoms with Gasteiger partial charge in [-0.1, -0.05) is 60.7 Å². The second-order valence-corrected chi connectivity index (χ2v) is 6.71. The van der Waals surface area contributed by atoms with Crippen LogP contribution in [-0.4, -0.2) is 25.4 Å². The first kappa shape index (κ1) is 14.3. The SMILES string of the molecule is O=S1(=O)OC(Cc2ccccc2)CN1Cc1ccccc1. The van der Waals surface area contributed by atoms with E-state index in [4.69, 9.17) is 4.18 Å². The maximum atomic E-state index is 12.1. The summed E-state index contributed by atoms with van der Waals surface area (Å²) >= 11 is 0. The summed E-state index contributed by atoms with van der Waals surface area (Å²) in [5.41, 5.74) is 2.05. The number of nitrogens with zero attached hydrogens (tertiary/aromatic N) is 1. The van der Waals surface area contributed by atoms with E-state index in [9.17, 15) is 8.42 Å². The fourth-order valence-corrected chi connectivity index (χ4v) is 3.74. The Hall–Kier alpha value is -1.69. The minimum Gasteiger partial charge on any atom is -0.253 e. The van der Waals surface area contributed by atoms with Crippen LogP contribution >= 0.6 is 0 Å². The Labute approximate surface area is 125 Å². The highest BCUT2D eigenvalue weighted by Gasteiger charge is 2.36. The Balaban J connectivity index is 1.69. The predicted octanol–water partition coefficient (Wildman–Crippen LogP) is 2.37. The quantitative estimate of drug-likeness (QED) is 0.871. The molecule has 0 radical (unpaired) electrons. The average molecular weight is 303 g/mol. The van der Waals surface area contributed by atoms with E-state index in [1.807, 2.05) is 60.7 Å². The molecule has 1 atom stereocenters. The Morgan fingerprint density at radius 1 is 0.952 bits per heavy atom. The molecular formula is C16H17NO3S. The molecular weight excluding hydrogens is 286 g/mol. The molecule has 110 valence electrons. The van der Waals surface area contributed by atoms with Crippen LogP contribution in [0.2, 0.25) is 0 Å². The molecule has 1 heterocycles. The van der Waals surface area contributed by atoms with Crippen LogP contribution in [0.4, 0.5) is 0 Å². The third kappa shape index (κ3) is 3.50. The van der Waals surface area contributed by atoms with Crippen molar-refractivity contribution in [2.24, 2.45) is 0 Å². The Kier molecular flexibility index (Phi) is 4.05. The fraction of sp³-hybridized carbons (Fsp3) is 0.250. The maximum absolute atomic E-state index is 12.1. The molecule has 0 aliphatic carbocycles. The largest absolute Gasteiger partial charge is 0.339 e. The monoisotopic (exact) mass is 303 g/mol. The van der Waals surface area contributed by atoms with E-state index < -0.39 is 10.3 Å². The van der Waals surface area contributed by atoms with E-state index in [1.165, 1.54) is 4.31 Å². The van der Waals surface area contributed by atoms with Crippen molar-refractivity contribution in [3.8, 4) is 0 Å². The van der Waals surface area contributed by atoms with Gasteiger partial charge in [-0.15, -0.1) is 0 Å². The van der Waals surface area contributed by atoms with Crippen LogP contribution in [0.25, 0.3) is 0 Å². The van der Waals surface area contributed by atoms with Crippen LogP contribution in [0.15, 0.2) is 60.7 Å². The van der Waals surface area contributed by atoms with Crippen LogP contribution in [0, 0.1) is 0 Å². The van der Waals surface area contributed by atoms with E-state index in [0.29, 0.717) is 19.5 Å². The average Bonchev–Trinajstić information content (AvgIpc) is 2.75. The first-order valence-electron chi connectivity index (χ1n) is 6.90. The molecule has 2 aromatic rings. The minimum atomic E-state index is -3.62.